The van der Waals surface area contributed by atoms with Crippen molar-refractivity contribution in [2.24, 2.45) is 0 Å². The Morgan fingerprint density at radius 2 is 2.19 bits per heavy atom. The van der Waals surface area contributed by atoms with E-state index < -0.39 is 0 Å². The number of carbonyl (C=O) groups excluding carboxylic acids is 1. The van der Waals surface area contributed by atoms with Crippen LogP contribution in [0.1, 0.15) is 22.3 Å². The molecule has 0 aliphatic carbocycles. The van der Waals surface area contributed by atoms with Crippen molar-refractivity contribution in [2.75, 3.05) is 11.9 Å². The molecule has 1 amide bonds. The Labute approximate surface area is 158 Å². The van der Waals surface area contributed by atoms with Crippen molar-refractivity contribution in [3.8, 4) is 5.75 Å². The van der Waals surface area contributed by atoms with Gasteiger partial charge in [0.15, 0.2) is 0 Å². The molecule has 1 aliphatic rings. The van der Waals surface area contributed by atoms with Crippen molar-refractivity contribution in [1.82, 2.24) is 9.78 Å². The molecule has 0 bridgehead atoms. The molecule has 3 aromatic rings. The molecule has 1 aromatic heterocycles. The monoisotopic (exact) mass is 359 g/mol. The number of anilines is 1. The van der Waals surface area contributed by atoms with Crippen molar-refractivity contribution < 1.29 is 9.53 Å². The normalized spacial score (nSPS) is 12.8. The summed E-state index contributed by atoms with van der Waals surface area (Å²) in [5.74, 6) is 1.43. The fraction of sp³-hybridized carbons (Fsp3) is 0.182. The Morgan fingerprint density at radius 1 is 1.26 bits per heavy atom. The largest absolute Gasteiger partial charge is 0.493 e. The molecule has 1 N–H and O–H groups in total. The number of aryl methyl sites for hydroxylation is 1. The van der Waals surface area contributed by atoms with E-state index in [0.29, 0.717) is 12.4 Å². The van der Waals surface area contributed by atoms with Crippen LogP contribution in [0.5, 0.6) is 5.75 Å². The number of carbonyl (C=O) groups is 1. The van der Waals surface area contributed by atoms with Crippen LogP contribution in [0, 0.1) is 6.92 Å². The van der Waals surface area contributed by atoms with Crippen LogP contribution < -0.4 is 10.1 Å². The van der Waals surface area contributed by atoms with Crippen molar-refractivity contribution in [3.05, 3.63) is 83.1 Å². The van der Waals surface area contributed by atoms with Crippen molar-refractivity contribution in [2.45, 2.75) is 19.9 Å². The van der Waals surface area contributed by atoms with Gasteiger partial charge in [0, 0.05) is 18.6 Å². The molecule has 1 aliphatic heterocycles. The van der Waals surface area contributed by atoms with E-state index >= 15 is 0 Å². The highest BCUT2D eigenvalue weighted by atomic mass is 16.5. The number of nitrogens with one attached hydrogen (secondary N) is 1. The maximum atomic E-state index is 12.3. The van der Waals surface area contributed by atoms with Crippen molar-refractivity contribution in [3.63, 3.8) is 0 Å². The van der Waals surface area contributed by atoms with Crippen LogP contribution in [-0.2, 0) is 17.8 Å². The van der Waals surface area contributed by atoms with Gasteiger partial charge in [0.05, 0.1) is 19.3 Å². The average molecular weight is 359 g/mol. The minimum Gasteiger partial charge on any atom is -0.493 e. The maximum Gasteiger partial charge on any atom is 0.249 e. The number of aromatic nitrogens is 2. The summed E-state index contributed by atoms with van der Waals surface area (Å²) in [5.41, 5.74) is 4.52. The van der Waals surface area contributed by atoms with Gasteiger partial charge >= 0.3 is 0 Å². The third-order valence-electron chi connectivity index (χ3n) is 4.52. The molecule has 0 radical (unpaired) electrons. The Balaban J connectivity index is 1.42. The Hall–Kier alpha value is -3.34. The first-order valence-corrected chi connectivity index (χ1v) is 8.99. The first-order valence-electron chi connectivity index (χ1n) is 8.99. The third-order valence-corrected chi connectivity index (χ3v) is 4.52. The number of ether oxygens (including phenoxy) is 1. The van der Waals surface area contributed by atoms with Crippen LogP contribution in [0.4, 0.5) is 5.82 Å². The van der Waals surface area contributed by atoms with Gasteiger partial charge in [0.2, 0.25) is 5.91 Å². The van der Waals surface area contributed by atoms with Crippen LogP contribution in [-0.4, -0.2) is 22.3 Å². The van der Waals surface area contributed by atoms with Crippen LogP contribution in [0.2, 0.25) is 0 Å². The van der Waals surface area contributed by atoms with Gasteiger partial charge in [0.25, 0.3) is 0 Å². The number of fused-ring (bicyclic) bond motifs is 1. The number of nitrogens with zero attached hydrogens (tertiary/aromatic N) is 2. The molecule has 0 saturated carbocycles. The second kappa shape index (κ2) is 7.50. The predicted octanol–water partition coefficient (Wildman–Crippen LogP) is 3.83. The summed E-state index contributed by atoms with van der Waals surface area (Å²) in [6.45, 7) is 3.40. The molecule has 0 unspecified atom stereocenters. The second-order valence-electron chi connectivity index (χ2n) is 6.65. The second-order valence-corrected chi connectivity index (χ2v) is 6.65. The quantitative estimate of drug-likeness (QED) is 0.705. The first-order chi connectivity index (χ1) is 13.2. The van der Waals surface area contributed by atoms with Gasteiger partial charge in [0.1, 0.15) is 11.6 Å². The summed E-state index contributed by atoms with van der Waals surface area (Å²) in [5, 5.41) is 7.21. The number of hydrogen-bond acceptors (Lipinski definition) is 3. The van der Waals surface area contributed by atoms with Crippen LogP contribution in [0.15, 0.2) is 60.8 Å². The topological polar surface area (TPSA) is 56.2 Å². The highest BCUT2D eigenvalue weighted by molar-refractivity contribution is 6.01. The molecule has 0 fully saturated rings. The minimum atomic E-state index is -0.183. The van der Waals surface area contributed by atoms with Gasteiger partial charge < -0.3 is 10.1 Å². The summed E-state index contributed by atoms with van der Waals surface area (Å²) >= 11 is 0. The summed E-state index contributed by atoms with van der Waals surface area (Å²) in [4.78, 5) is 12.3. The zero-order valence-corrected chi connectivity index (χ0v) is 15.2. The summed E-state index contributed by atoms with van der Waals surface area (Å²) < 4.78 is 7.29. The molecule has 27 heavy (non-hydrogen) atoms. The lowest BCUT2D eigenvalue weighted by atomic mass is 10.1. The standard InChI is InChI=1S/C22H21N3O2/c1-16-3-2-4-18(13-16)15-25-21(9-11-23-25)24-22(26)8-6-17-5-7-20-19(14-17)10-12-27-20/h2-9,11,13-14H,10,12,15H2,1H3,(H,24,26)/b8-6+. The smallest absolute Gasteiger partial charge is 0.249 e. The van der Waals surface area contributed by atoms with Crippen LogP contribution >= 0.6 is 0 Å². The lowest BCUT2D eigenvalue weighted by molar-refractivity contribution is -0.111. The zero-order chi connectivity index (χ0) is 18.6. The van der Waals surface area contributed by atoms with Crippen molar-refractivity contribution in [1.29, 1.82) is 0 Å². The van der Waals surface area contributed by atoms with E-state index in [1.165, 1.54) is 11.1 Å². The minimum absolute atomic E-state index is 0.183. The van der Waals surface area contributed by atoms with E-state index in [4.69, 9.17) is 4.74 Å². The molecule has 0 atom stereocenters. The Morgan fingerprint density at radius 3 is 3.07 bits per heavy atom. The highest BCUT2D eigenvalue weighted by Gasteiger charge is 2.11. The van der Waals surface area contributed by atoms with E-state index in [1.807, 2.05) is 24.3 Å². The highest BCUT2D eigenvalue weighted by Crippen LogP contribution is 2.26. The summed E-state index contributed by atoms with van der Waals surface area (Å²) in [7, 11) is 0. The molecule has 0 saturated heterocycles. The van der Waals surface area contributed by atoms with Crippen LogP contribution in [0.25, 0.3) is 6.08 Å². The van der Waals surface area contributed by atoms with E-state index in [-0.39, 0.29) is 5.91 Å². The number of benzene rings is 2. The van der Waals surface area contributed by atoms with E-state index in [1.54, 1.807) is 23.0 Å². The molecular weight excluding hydrogens is 338 g/mol. The van der Waals surface area contributed by atoms with Gasteiger partial charge in [-0.05, 0) is 41.8 Å². The zero-order valence-electron chi connectivity index (χ0n) is 15.2. The molecule has 5 heteroatoms. The third kappa shape index (κ3) is 4.08. The van der Waals surface area contributed by atoms with Gasteiger partial charge in [-0.2, -0.15) is 5.10 Å². The number of amides is 1. The number of rotatable bonds is 5. The SMILES string of the molecule is Cc1cccc(Cn2nccc2NC(=O)/C=C/c2ccc3c(c2)CCO3)c1. The summed E-state index contributed by atoms with van der Waals surface area (Å²) in [6.07, 6.45) is 5.97. The fourth-order valence-corrected chi connectivity index (χ4v) is 3.20. The predicted molar refractivity (Wildman–Crippen MR) is 106 cm³/mol. The maximum absolute atomic E-state index is 12.3. The van der Waals surface area contributed by atoms with E-state index in [0.717, 1.165) is 29.9 Å². The van der Waals surface area contributed by atoms with Gasteiger partial charge in [-0.1, -0.05) is 35.9 Å². The molecule has 136 valence electrons. The van der Waals surface area contributed by atoms with E-state index in [9.17, 15) is 4.79 Å². The average Bonchev–Trinajstić information content (AvgIpc) is 3.29. The molecule has 4 rings (SSSR count). The van der Waals surface area contributed by atoms with Gasteiger partial charge in [-0.25, -0.2) is 4.68 Å². The van der Waals surface area contributed by atoms with Crippen LogP contribution in [0.3, 0.4) is 0 Å². The van der Waals surface area contributed by atoms with Gasteiger partial charge in [-0.15, -0.1) is 0 Å². The fourth-order valence-electron chi connectivity index (χ4n) is 3.20. The van der Waals surface area contributed by atoms with Crippen molar-refractivity contribution >= 4 is 17.8 Å². The molecular formula is C22H21N3O2. The lowest BCUT2D eigenvalue weighted by Crippen LogP contribution is -2.13. The Kier molecular flexibility index (Phi) is 4.75. The van der Waals surface area contributed by atoms with E-state index in [2.05, 4.69) is 41.6 Å². The van der Waals surface area contributed by atoms with Gasteiger partial charge in [-0.3, -0.25) is 4.79 Å². The first kappa shape index (κ1) is 17.1. The molecule has 2 aromatic carbocycles. The molecule has 2 heterocycles. The molecule has 5 nitrogen and oxygen atoms in total. The Bertz CT molecular complexity index is 1000. The summed E-state index contributed by atoms with van der Waals surface area (Å²) in [6, 6.07) is 16.0. The molecule has 0 spiro atoms. The number of hydrogen-bond donors (Lipinski definition) is 1. The lowest BCUT2D eigenvalue weighted by Gasteiger charge is -2.08.